The van der Waals surface area contributed by atoms with Crippen molar-refractivity contribution in [2.45, 2.75) is 57.3 Å². The lowest BCUT2D eigenvalue weighted by molar-refractivity contribution is 0.0520. The maximum atomic E-state index is 15.8. The van der Waals surface area contributed by atoms with Gasteiger partial charge in [-0.15, -0.1) is 0 Å². The van der Waals surface area contributed by atoms with E-state index < -0.39 is 23.2 Å². The first-order valence-corrected chi connectivity index (χ1v) is 15.9. The topological polar surface area (TPSA) is 102 Å². The lowest BCUT2D eigenvalue weighted by Crippen LogP contribution is -2.46. The number of nitrogens with one attached hydrogen (secondary N) is 1. The third-order valence-electron chi connectivity index (χ3n) is 9.27. The second kappa shape index (κ2) is 12.7. The Balaban J connectivity index is 1.08. The Labute approximate surface area is 265 Å². The number of esters is 1. The van der Waals surface area contributed by atoms with E-state index in [4.69, 9.17) is 19.5 Å². The van der Waals surface area contributed by atoms with Gasteiger partial charge in [-0.25, -0.2) is 18.6 Å². The zero-order valence-corrected chi connectivity index (χ0v) is 25.6. The molecule has 9 nitrogen and oxygen atoms in total. The predicted molar refractivity (Wildman–Crippen MR) is 166 cm³/mol. The van der Waals surface area contributed by atoms with Gasteiger partial charge in [0.25, 0.3) is 0 Å². The van der Waals surface area contributed by atoms with Crippen molar-refractivity contribution < 1.29 is 27.8 Å². The van der Waals surface area contributed by atoms with E-state index in [1.54, 1.807) is 23.6 Å². The van der Waals surface area contributed by atoms with Gasteiger partial charge < -0.3 is 24.1 Å². The average Bonchev–Trinajstić information content (AvgIpc) is 3.42. The molecule has 0 radical (unpaired) electrons. The number of carbonyl (C=O) groups excluding carboxylic acids is 1. The van der Waals surface area contributed by atoms with Gasteiger partial charge in [-0.1, -0.05) is 24.3 Å². The molecule has 0 saturated carbocycles. The number of likely N-dealkylation sites (tertiary alicyclic amines) is 1. The van der Waals surface area contributed by atoms with Gasteiger partial charge in [0.15, 0.2) is 29.2 Å². The van der Waals surface area contributed by atoms with Gasteiger partial charge in [-0.2, -0.15) is 5.26 Å². The largest absolute Gasteiger partial charge is 0.485 e. The molecule has 3 aromatic carbocycles. The van der Waals surface area contributed by atoms with E-state index in [9.17, 15) is 4.79 Å². The summed E-state index contributed by atoms with van der Waals surface area (Å²) in [5, 5.41) is 12.4. The highest BCUT2D eigenvalue weighted by molar-refractivity contribution is 5.94. The minimum Gasteiger partial charge on any atom is -0.485 e. The number of carbonyl (C=O) groups is 1. The van der Waals surface area contributed by atoms with Crippen LogP contribution in [-0.4, -0.2) is 59.3 Å². The van der Waals surface area contributed by atoms with Crippen molar-refractivity contribution in [2.75, 3.05) is 32.8 Å². The number of hydrogen-bond donors (Lipinski definition) is 1. The molecule has 0 unspecified atom stereocenters. The van der Waals surface area contributed by atoms with E-state index in [0.29, 0.717) is 36.8 Å². The van der Waals surface area contributed by atoms with Gasteiger partial charge in [0.1, 0.15) is 29.0 Å². The number of para-hydroxylation sites is 1. The molecule has 4 aromatic rings. The molecular formula is C35H35F2N5O4. The molecule has 46 heavy (non-hydrogen) atoms. The quantitative estimate of drug-likeness (QED) is 0.252. The van der Waals surface area contributed by atoms with Gasteiger partial charge in [-0.05, 0) is 81.6 Å². The van der Waals surface area contributed by atoms with Crippen LogP contribution in [0.2, 0.25) is 0 Å². The highest BCUT2D eigenvalue weighted by atomic mass is 19.1. The van der Waals surface area contributed by atoms with Crippen molar-refractivity contribution >= 4 is 17.0 Å². The van der Waals surface area contributed by atoms with Crippen LogP contribution in [0.1, 0.15) is 71.1 Å². The molecule has 0 spiro atoms. The van der Waals surface area contributed by atoms with Crippen LogP contribution in [0, 0.1) is 23.0 Å². The second-order valence-corrected chi connectivity index (χ2v) is 12.1. The van der Waals surface area contributed by atoms with Crippen molar-refractivity contribution in [3.8, 4) is 17.6 Å². The van der Waals surface area contributed by atoms with Crippen LogP contribution in [-0.2, 0) is 17.8 Å². The van der Waals surface area contributed by atoms with Crippen LogP contribution in [0.4, 0.5) is 8.78 Å². The van der Waals surface area contributed by atoms with E-state index in [2.05, 4.69) is 27.3 Å². The summed E-state index contributed by atoms with van der Waals surface area (Å²) >= 11 is 0. The summed E-state index contributed by atoms with van der Waals surface area (Å²) in [6.45, 7) is 5.35. The lowest BCUT2D eigenvalue weighted by atomic mass is 9.88. The summed E-state index contributed by atoms with van der Waals surface area (Å²) in [6, 6.07) is 16.5. The van der Waals surface area contributed by atoms with Crippen LogP contribution < -0.4 is 14.8 Å². The van der Waals surface area contributed by atoms with Gasteiger partial charge >= 0.3 is 5.97 Å². The monoisotopic (exact) mass is 627 g/mol. The second-order valence-electron chi connectivity index (χ2n) is 12.1. The summed E-state index contributed by atoms with van der Waals surface area (Å²) in [5.41, 5.74) is 2.21. The zero-order valence-electron chi connectivity index (χ0n) is 25.6. The maximum absolute atomic E-state index is 15.8. The molecule has 0 aliphatic carbocycles. The number of halogens is 2. The molecule has 2 fully saturated rings. The maximum Gasteiger partial charge on any atom is 0.341 e. The minimum absolute atomic E-state index is 0.00834. The highest BCUT2D eigenvalue weighted by Crippen LogP contribution is 2.44. The van der Waals surface area contributed by atoms with Crippen LogP contribution in [0.3, 0.4) is 0 Å². The molecule has 7 rings (SSSR count). The van der Waals surface area contributed by atoms with E-state index in [1.807, 2.05) is 24.3 Å². The summed E-state index contributed by atoms with van der Waals surface area (Å²) < 4.78 is 50.4. The van der Waals surface area contributed by atoms with Crippen molar-refractivity contribution in [3.63, 3.8) is 0 Å². The number of nitrogens with zero attached hydrogens (tertiary/aromatic N) is 4. The molecule has 0 bridgehead atoms. The number of aromatic nitrogens is 2. The van der Waals surface area contributed by atoms with Gasteiger partial charge in [-0.3, -0.25) is 4.90 Å². The standard InChI is InChI=1S/C35H35F2N5O4/c1-2-44-35(43)26-16-27(36)32-33(31(26)37)42(18-24-10-13-39-24)30(40-32)19-41-14-11-22(12-15-41)25-4-3-5-28-34(25)45-20-29(46-28)23-8-6-21(17-38)7-9-23/h3-9,16,22,24,29,39H,2,10-15,18-20H2,1H3/t24-,29-/m0/s1. The third-order valence-corrected chi connectivity index (χ3v) is 9.27. The van der Waals surface area contributed by atoms with Crippen LogP contribution in [0.25, 0.3) is 11.0 Å². The van der Waals surface area contributed by atoms with Gasteiger partial charge in [0.2, 0.25) is 0 Å². The first kappa shape index (κ1) is 30.1. The SMILES string of the molecule is CCOC(=O)c1cc(F)c2nc(CN3CCC(c4cccc5c4OC[C@@H](c4ccc(C#N)cc4)O5)CC3)n(C[C@@H]3CCN3)c2c1F. The normalized spacial score (nSPS) is 19.9. The van der Waals surface area contributed by atoms with Crippen molar-refractivity contribution in [3.05, 3.63) is 88.2 Å². The molecular weight excluding hydrogens is 592 g/mol. The van der Waals surface area contributed by atoms with E-state index >= 15 is 8.78 Å². The van der Waals surface area contributed by atoms with E-state index in [-0.39, 0.29) is 35.7 Å². The van der Waals surface area contributed by atoms with Crippen molar-refractivity contribution in [1.29, 1.82) is 5.26 Å². The van der Waals surface area contributed by atoms with E-state index in [0.717, 1.165) is 61.8 Å². The minimum atomic E-state index is -0.888. The molecule has 2 atom stereocenters. The Hall–Kier alpha value is -4.53. The Morgan fingerprint density at radius 3 is 2.63 bits per heavy atom. The summed E-state index contributed by atoms with van der Waals surface area (Å²) in [7, 11) is 0. The molecule has 2 saturated heterocycles. The first-order valence-electron chi connectivity index (χ1n) is 15.9. The van der Waals surface area contributed by atoms with Gasteiger partial charge in [0, 0.05) is 18.2 Å². The first-order chi connectivity index (χ1) is 22.4. The summed E-state index contributed by atoms with van der Waals surface area (Å²) in [4.78, 5) is 19.3. The molecule has 4 heterocycles. The molecule has 3 aliphatic rings. The Bertz CT molecular complexity index is 1810. The molecule has 0 amide bonds. The fourth-order valence-corrected chi connectivity index (χ4v) is 6.66. The average molecular weight is 628 g/mol. The van der Waals surface area contributed by atoms with Crippen LogP contribution in [0.15, 0.2) is 48.5 Å². The predicted octanol–water partition coefficient (Wildman–Crippen LogP) is 5.62. The van der Waals surface area contributed by atoms with Crippen molar-refractivity contribution in [1.82, 2.24) is 19.8 Å². The number of ether oxygens (including phenoxy) is 3. The van der Waals surface area contributed by atoms with Crippen LogP contribution >= 0.6 is 0 Å². The van der Waals surface area contributed by atoms with E-state index in [1.165, 1.54) is 0 Å². The third kappa shape index (κ3) is 5.67. The fourth-order valence-electron chi connectivity index (χ4n) is 6.66. The lowest BCUT2D eigenvalue weighted by Gasteiger charge is -2.35. The summed E-state index contributed by atoms with van der Waals surface area (Å²) in [5.74, 6) is -0.0958. The molecule has 1 N–H and O–H groups in total. The Morgan fingerprint density at radius 1 is 1.15 bits per heavy atom. The smallest absolute Gasteiger partial charge is 0.341 e. The molecule has 238 valence electrons. The van der Waals surface area contributed by atoms with Crippen LogP contribution in [0.5, 0.6) is 11.5 Å². The Morgan fingerprint density at radius 2 is 1.93 bits per heavy atom. The number of hydrogen-bond acceptors (Lipinski definition) is 8. The number of fused-ring (bicyclic) bond motifs is 2. The molecule has 11 heteroatoms. The highest BCUT2D eigenvalue weighted by Gasteiger charge is 2.32. The molecule has 3 aliphatic heterocycles. The number of nitriles is 1. The number of benzene rings is 3. The molecule has 1 aromatic heterocycles. The van der Waals surface area contributed by atoms with Gasteiger partial charge in [0.05, 0.1) is 24.8 Å². The Kier molecular flexibility index (Phi) is 8.32. The van der Waals surface area contributed by atoms with Crippen molar-refractivity contribution in [2.24, 2.45) is 0 Å². The zero-order chi connectivity index (χ0) is 31.8. The number of rotatable bonds is 8. The number of imidazole rings is 1. The summed E-state index contributed by atoms with van der Waals surface area (Å²) in [6.07, 6.45) is 2.42. The number of piperidine rings is 1. The fraction of sp³-hybridized carbons (Fsp3) is 0.400.